The van der Waals surface area contributed by atoms with Gasteiger partial charge in [0.1, 0.15) is 0 Å². The van der Waals surface area contributed by atoms with E-state index in [0.29, 0.717) is 12.0 Å². The summed E-state index contributed by atoms with van der Waals surface area (Å²) in [6, 6.07) is 0.398. The molecular weight excluding hydrogens is 138 g/mol. The number of rotatable bonds is 3. The molecule has 1 aliphatic carbocycles. The van der Waals surface area contributed by atoms with Gasteiger partial charge in [0, 0.05) is 12.6 Å². The molecule has 0 aromatic heterocycles. The monoisotopic (exact) mass is 157 g/mol. The Morgan fingerprint density at radius 2 is 2.09 bits per heavy atom. The summed E-state index contributed by atoms with van der Waals surface area (Å²) in [6.07, 6.45) is 5.11. The van der Waals surface area contributed by atoms with E-state index >= 15 is 0 Å². The molecule has 2 atom stereocenters. The van der Waals surface area contributed by atoms with Crippen molar-refractivity contribution < 1.29 is 4.74 Å². The van der Waals surface area contributed by atoms with E-state index in [1.807, 2.05) is 6.92 Å². The van der Waals surface area contributed by atoms with Gasteiger partial charge in [-0.1, -0.05) is 12.8 Å². The lowest BCUT2D eigenvalue weighted by Gasteiger charge is -2.27. The Morgan fingerprint density at radius 3 is 2.73 bits per heavy atom. The fraction of sp³-hybridized carbons (Fsp3) is 1.00. The largest absolute Gasteiger partial charge is 0.381 e. The molecule has 0 amide bonds. The van der Waals surface area contributed by atoms with Crippen molar-refractivity contribution >= 4 is 0 Å². The van der Waals surface area contributed by atoms with E-state index < -0.39 is 0 Å². The summed E-state index contributed by atoms with van der Waals surface area (Å²) in [5.74, 6) is 0.628. The molecule has 66 valence electrons. The number of hydrogen-bond donors (Lipinski definition) is 1. The zero-order chi connectivity index (χ0) is 8.10. The van der Waals surface area contributed by atoms with E-state index in [9.17, 15) is 0 Å². The molecule has 2 N–H and O–H groups in total. The third kappa shape index (κ3) is 2.80. The van der Waals surface area contributed by atoms with E-state index in [1.165, 1.54) is 25.7 Å². The van der Waals surface area contributed by atoms with Crippen LogP contribution in [0.4, 0.5) is 0 Å². The smallest absolute Gasteiger partial charge is 0.0508 e. The lowest BCUT2D eigenvalue weighted by Crippen LogP contribution is -2.35. The van der Waals surface area contributed by atoms with Gasteiger partial charge in [-0.2, -0.15) is 0 Å². The quantitative estimate of drug-likeness (QED) is 0.674. The third-order valence-corrected chi connectivity index (χ3v) is 2.50. The molecular formula is C9H19NO. The highest BCUT2D eigenvalue weighted by molar-refractivity contribution is 4.77. The lowest BCUT2D eigenvalue weighted by molar-refractivity contribution is 0.0858. The lowest BCUT2D eigenvalue weighted by atomic mass is 9.86. The van der Waals surface area contributed by atoms with Gasteiger partial charge in [0.15, 0.2) is 0 Å². The molecule has 0 bridgehead atoms. The van der Waals surface area contributed by atoms with Gasteiger partial charge in [-0.3, -0.25) is 0 Å². The Bertz CT molecular complexity index is 106. The van der Waals surface area contributed by atoms with E-state index in [2.05, 4.69) is 0 Å². The number of hydrogen-bond acceptors (Lipinski definition) is 2. The van der Waals surface area contributed by atoms with Gasteiger partial charge < -0.3 is 10.5 Å². The van der Waals surface area contributed by atoms with Crippen LogP contribution < -0.4 is 5.73 Å². The molecule has 0 aliphatic heterocycles. The van der Waals surface area contributed by atoms with Gasteiger partial charge in [0.05, 0.1) is 6.61 Å². The highest BCUT2D eigenvalue weighted by atomic mass is 16.5. The van der Waals surface area contributed by atoms with Crippen LogP contribution in [-0.2, 0) is 4.74 Å². The predicted octanol–water partition coefficient (Wildman–Crippen LogP) is 1.54. The van der Waals surface area contributed by atoms with Crippen LogP contribution in [-0.4, -0.2) is 19.3 Å². The van der Waals surface area contributed by atoms with Crippen molar-refractivity contribution in [3.05, 3.63) is 0 Å². The Hall–Kier alpha value is -0.0800. The molecule has 1 fully saturated rings. The van der Waals surface area contributed by atoms with Crippen LogP contribution in [0, 0.1) is 5.92 Å². The van der Waals surface area contributed by atoms with E-state index in [-0.39, 0.29) is 0 Å². The Morgan fingerprint density at radius 1 is 1.36 bits per heavy atom. The minimum absolute atomic E-state index is 0.398. The van der Waals surface area contributed by atoms with Crippen LogP contribution >= 0.6 is 0 Å². The summed E-state index contributed by atoms with van der Waals surface area (Å²) in [7, 11) is 0. The summed E-state index contributed by atoms with van der Waals surface area (Å²) in [5, 5.41) is 0. The first-order chi connectivity index (χ1) is 5.34. The maximum atomic E-state index is 5.94. The van der Waals surface area contributed by atoms with E-state index in [1.54, 1.807) is 0 Å². The van der Waals surface area contributed by atoms with Crippen molar-refractivity contribution in [2.75, 3.05) is 13.2 Å². The molecule has 2 heteroatoms. The Kier molecular flexibility index (Phi) is 3.87. The van der Waals surface area contributed by atoms with Crippen LogP contribution in [0.3, 0.4) is 0 Å². The maximum Gasteiger partial charge on any atom is 0.0508 e. The second-order valence-electron chi connectivity index (χ2n) is 3.37. The normalized spacial score (nSPS) is 32.2. The highest BCUT2D eigenvalue weighted by Crippen LogP contribution is 2.22. The molecule has 0 heterocycles. The molecule has 0 radical (unpaired) electrons. The van der Waals surface area contributed by atoms with Crippen molar-refractivity contribution in [2.24, 2.45) is 11.7 Å². The van der Waals surface area contributed by atoms with Gasteiger partial charge in [0.2, 0.25) is 0 Å². The highest BCUT2D eigenvalue weighted by Gasteiger charge is 2.21. The van der Waals surface area contributed by atoms with Crippen molar-refractivity contribution in [3.8, 4) is 0 Å². The zero-order valence-electron chi connectivity index (χ0n) is 7.38. The second-order valence-corrected chi connectivity index (χ2v) is 3.37. The van der Waals surface area contributed by atoms with Crippen LogP contribution in [0.5, 0.6) is 0 Å². The average molecular weight is 157 g/mol. The minimum Gasteiger partial charge on any atom is -0.381 e. The first-order valence-corrected chi connectivity index (χ1v) is 4.68. The molecule has 0 saturated heterocycles. The Labute approximate surface area is 69.1 Å². The predicted molar refractivity (Wildman–Crippen MR) is 46.4 cm³/mol. The molecule has 0 aromatic carbocycles. The third-order valence-electron chi connectivity index (χ3n) is 2.50. The first kappa shape index (κ1) is 9.01. The summed E-state index contributed by atoms with van der Waals surface area (Å²) in [5.41, 5.74) is 5.94. The van der Waals surface area contributed by atoms with Gasteiger partial charge in [-0.25, -0.2) is 0 Å². The van der Waals surface area contributed by atoms with Crippen LogP contribution in [0.15, 0.2) is 0 Å². The maximum absolute atomic E-state index is 5.94. The summed E-state index contributed by atoms with van der Waals surface area (Å²) in [4.78, 5) is 0. The van der Waals surface area contributed by atoms with Gasteiger partial charge in [0.25, 0.3) is 0 Å². The summed E-state index contributed by atoms with van der Waals surface area (Å²) < 4.78 is 5.36. The fourth-order valence-electron chi connectivity index (χ4n) is 1.71. The minimum atomic E-state index is 0.398. The molecule has 1 rings (SSSR count). The Balaban J connectivity index is 2.18. The van der Waals surface area contributed by atoms with Crippen molar-refractivity contribution in [2.45, 2.75) is 38.6 Å². The second kappa shape index (κ2) is 4.73. The standard InChI is InChI=1S/C9H19NO/c1-2-11-7-8-5-3-4-6-9(8)10/h8-9H,2-7,10H2,1H3. The fourth-order valence-corrected chi connectivity index (χ4v) is 1.71. The first-order valence-electron chi connectivity index (χ1n) is 4.68. The zero-order valence-corrected chi connectivity index (χ0v) is 7.38. The molecule has 2 nitrogen and oxygen atoms in total. The topological polar surface area (TPSA) is 35.2 Å². The molecule has 0 aromatic rings. The van der Waals surface area contributed by atoms with Crippen molar-refractivity contribution in [3.63, 3.8) is 0 Å². The van der Waals surface area contributed by atoms with E-state index in [4.69, 9.17) is 10.5 Å². The number of nitrogens with two attached hydrogens (primary N) is 1. The van der Waals surface area contributed by atoms with Crippen molar-refractivity contribution in [1.82, 2.24) is 0 Å². The van der Waals surface area contributed by atoms with E-state index in [0.717, 1.165) is 13.2 Å². The molecule has 2 unspecified atom stereocenters. The molecule has 0 spiro atoms. The summed E-state index contributed by atoms with van der Waals surface area (Å²) in [6.45, 7) is 3.73. The number of ether oxygens (including phenoxy) is 1. The van der Waals surface area contributed by atoms with Gasteiger partial charge in [-0.15, -0.1) is 0 Å². The van der Waals surface area contributed by atoms with Gasteiger partial charge in [-0.05, 0) is 25.7 Å². The summed E-state index contributed by atoms with van der Waals surface area (Å²) >= 11 is 0. The van der Waals surface area contributed by atoms with Crippen LogP contribution in [0.25, 0.3) is 0 Å². The van der Waals surface area contributed by atoms with Crippen LogP contribution in [0.1, 0.15) is 32.6 Å². The average Bonchev–Trinajstić information content (AvgIpc) is 2.03. The molecule has 1 saturated carbocycles. The SMILES string of the molecule is CCOCC1CCCCC1N. The van der Waals surface area contributed by atoms with Gasteiger partial charge >= 0.3 is 0 Å². The molecule has 11 heavy (non-hydrogen) atoms. The van der Waals surface area contributed by atoms with Crippen molar-refractivity contribution in [1.29, 1.82) is 0 Å². The molecule has 1 aliphatic rings. The van der Waals surface area contributed by atoms with Crippen LogP contribution in [0.2, 0.25) is 0 Å².